The van der Waals surface area contributed by atoms with Crippen LogP contribution in [0, 0.1) is 11.3 Å². The second-order valence-electron chi connectivity index (χ2n) is 5.78. The molecule has 0 spiro atoms. The zero-order valence-electron chi connectivity index (χ0n) is 14.3. The molecule has 4 nitrogen and oxygen atoms in total. The van der Waals surface area contributed by atoms with Crippen molar-refractivity contribution in [2.24, 2.45) is 0 Å². The lowest BCUT2D eigenvalue weighted by atomic mass is 9.96. The zero-order valence-corrected chi connectivity index (χ0v) is 15.1. The van der Waals surface area contributed by atoms with Crippen LogP contribution in [0.1, 0.15) is 37.3 Å². The molecule has 0 aliphatic carbocycles. The van der Waals surface area contributed by atoms with Gasteiger partial charge in [-0.25, -0.2) is 0 Å². The maximum Gasteiger partial charge on any atom is 0.260 e. The molecule has 0 bridgehead atoms. The minimum Gasteiger partial charge on any atom is -0.479 e. The first-order chi connectivity index (χ1) is 12.0. The van der Waals surface area contributed by atoms with Crippen molar-refractivity contribution in [3.63, 3.8) is 0 Å². The van der Waals surface area contributed by atoms with E-state index < -0.39 is 6.10 Å². The summed E-state index contributed by atoms with van der Waals surface area (Å²) in [5.74, 6) is 0.448. The number of nitrogens with zero attached hydrogens (tertiary/aromatic N) is 1. The van der Waals surface area contributed by atoms with Gasteiger partial charge in [0.2, 0.25) is 0 Å². The molecule has 2 aromatic rings. The Bertz CT molecular complexity index is 756. The van der Waals surface area contributed by atoms with Crippen LogP contribution in [0.2, 0.25) is 5.02 Å². The molecule has 1 N–H and O–H groups in total. The quantitative estimate of drug-likeness (QED) is 0.805. The fraction of sp³-hybridized carbons (Fsp3) is 0.300. The van der Waals surface area contributed by atoms with Gasteiger partial charge in [0, 0.05) is 12.5 Å². The zero-order chi connectivity index (χ0) is 18.2. The number of nitriles is 1. The van der Waals surface area contributed by atoms with Gasteiger partial charge in [0.05, 0.1) is 16.7 Å². The molecule has 0 radical (unpaired) electrons. The Labute approximate surface area is 153 Å². The molecule has 130 valence electrons. The highest BCUT2D eigenvalue weighted by molar-refractivity contribution is 6.32. The fourth-order valence-corrected chi connectivity index (χ4v) is 2.73. The highest BCUT2D eigenvalue weighted by Gasteiger charge is 2.18. The van der Waals surface area contributed by atoms with Crippen LogP contribution in [0.5, 0.6) is 5.75 Å². The average Bonchev–Trinajstić information content (AvgIpc) is 2.64. The van der Waals surface area contributed by atoms with E-state index in [0.717, 1.165) is 6.42 Å². The first-order valence-electron chi connectivity index (χ1n) is 8.24. The van der Waals surface area contributed by atoms with E-state index in [1.54, 1.807) is 19.1 Å². The molecule has 5 heteroatoms. The number of amides is 1. The summed E-state index contributed by atoms with van der Waals surface area (Å²) in [6, 6.07) is 16.8. The molecule has 0 saturated heterocycles. The number of hydrogen-bond acceptors (Lipinski definition) is 3. The van der Waals surface area contributed by atoms with Crippen LogP contribution in [0.25, 0.3) is 0 Å². The molecule has 2 aromatic carbocycles. The monoisotopic (exact) mass is 356 g/mol. The smallest absolute Gasteiger partial charge is 0.260 e. The van der Waals surface area contributed by atoms with Gasteiger partial charge < -0.3 is 10.1 Å². The predicted octanol–water partition coefficient (Wildman–Crippen LogP) is 4.29. The second kappa shape index (κ2) is 9.10. The summed E-state index contributed by atoms with van der Waals surface area (Å²) >= 11 is 6.08. The first kappa shape index (κ1) is 18.8. The number of benzene rings is 2. The molecule has 1 amide bonds. The Kier molecular flexibility index (Phi) is 6.85. The van der Waals surface area contributed by atoms with Gasteiger partial charge in [0.15, 0.2) is 6.10 Å². The second-order valence-corrected chi connectivity index (χ2v) is 6.19. The molecular formula is C20H21ClN2O2. The predicted molar refractivity (Wildman–Crippen MR) is 98.7 cm³/mol. The third-order valence-corrected chi connectivity index (χ3v) is 4.32. The third-order valence-electron chi connectivity index (χ3n) is 4.02. The van der Waals surface area contributed by atoms with Crippen molar-refractivity contribution >= 4 is 17.5 Å². The van der Waals surface area contributed by atoms with Crippen molar-refractivity contribution in [2.75, 3.05) is 6.54 Å². The largest absolute Gasteiger partial charge is 0.479 e. The van der Waals surface area contributed by atoms with Gasteiger partial charge in [-0.05, 0) is 37.1 Å². The molecule has 0 fully saturated rings. The normalized spacial score (nSPS) is 12.7. The van der Waals surface area contributed by atoms with Gasteiger partial charge in [-0.2, -0.15) is 5.26 Å². The summed E-state index contributed by atoms with van der Waals surface area (Å²) in [6.07, 6.45) is 0.250. The molecule has 0 heterocycles. The van der Waals surface area contributed by atoms with Gasteiger partial charge in [-0.15, -0.1) is 0 Å². The van der Waals surface area contributed by atoms with Crippen molar-refractivity contribution in [1.82, 2.24) is 5.32 Å². The van der Waals surface area contributed by atoms with Gasteiger partial charge in [-0.1, -0.05) is 48.9 Å². The van der Waals surface area contributed by atoms with Crippen molar-refractivity contribution in [3.05, 3.63) is 64.7 Å². The van der Waals surface area contributed by atoms with Crippen LogP contribution in [0.15, 0.2) is 48.5 Å². The summed E-state index contributed by atoms with van der Waals surface area (Å²) in [4.78, 5) is 12.3. The Morgan fingerprint density at radius 2 is 2.00 bits per heavy atom. The Balaban J connectivity index is 1.93. The van der Waals surface area contributed by atoms with Gasteiger partial charge in [0.25, 0.3) is 5.91 Å². The van der Waals surface area contributed by atoms with Crippen molar-refractivity contribution < 1.29 is 9.53 Å². The molecule has 2 rings (SSSR count). The summed E-state index contributed by atoms with van der Waals surface area (Å²) in [6.45, 7) is 4.32. The minimum atomic E-state index is -0.682. The van der Waals surface area contributed by atoms with E-state index in [0.29, 0.717) is 22.9 Å². The van der Waals surface area contributed by atoms with Gasteiger partial charge >= 0.3 is 0 Å². The SMILES string of the molecule is CC[C@@H](CNC(=O)[C@H](C)Oc1ccc(C#N)cc1Cl)c1ccccc1. The molecule has 25 heavy (non-hydrogen) atoms. The molecule has 0 aromatic heterocycles. The summed E-state index contributed by atoms with van der Waals surface area (Å²) in [5, 5.41) is 12.1. The van der Waals surface area contributed by atoms with E-state index in [-0.39, 0.29) is 11.8 Å². The van der Waals surface area contributed by atoms with Crippen molar-refractivity contribution in [1.29, 1.82) is 5.26 Å². The number of halogens is 1. The molecule has 2 atom stereocenters. The molecule has 0 saturated carbocycles. The molecular weight excluding hydrogens is 336 g/mol. The Morgan fingerprint density at radius 3 is 2.60 bits per heavy atom. The van der Waals surface area contributed by atoms with Crippen LogP contribution in [-0.4, -0.2) is 18.6 Å². The van der Waals surface area contributed by atoms with Crippen LogP contribution in [0.3, 0.4) is 0 Å². The number of nitrogens with one attached hydrogen (secondary N) is 1. The van der Waals surface area contributed by atoms with Gasteiger partial charge in [0.1, 0.15) is 5.75 Å². The molecule has 0 unspecified atom stereocenters. The van der Waals surface area contributed by atoms with Crippen LogP contribution < -0.4 is 10.1 Å². The average molecular weight is 357 g/mol. The maximum atomic E-state index is 12.3. The minimum absolute atomic E-state index is 0.199. The highest BCUT2D eigenvalue weighted by Crippen LogP contribution is 2.26. The number of carbonyl (C=O) groups excluding carboxylic acids is 1. The maximum absolute atomic E-state index is 12.3. The van der Waals surface area contributed by atoms with E-state index in [2.05, 4.69) is 24.4 Å². The number of carbonyl (C=O) groups is 1. The lowest BCUT2D eigenvalue weighted by Crippen LogP contribution is -2.38. The lowest BCUT2D eigenvalue weighted by molar-refractivity contribution is -0.127. The Morgan fingerprint density at radius 1 is 1.28 bits per heavy atom. The topological polar surface area (TPSA) is 62.1 Å². The molecule has 0 aliphatic heterocycles. The van der Waals surface area contributed by atoms with Crippen molar-refractivity contribution in [3.8, 4) is 11.8 Å². The first-order valence-corrected chi connectivity index (χ1v) is 8.62. The van der Waals surface area contributed by atoms with Crippen molar-refractivity contribution in [2.45, 2.75) is 32.3 Å². The summed E-state index contributed by atoms with van der Waals surface area (Å²) in [7, 11) is 0. The van der Waals surface area contributed by atoms with E-state index in [4.69, 9.17) is 21.6 Å². The van der Waals surface area contributed by atoms with Crippen LogP contribution >= 0.6 is 11.6 Å². The summed E-state index contributed by atoms with van der Waals surface area (Å²) < 4.78 is 5.62. The number of ether oxygens (including phenoxy) is 1. The number of rotatable bonds is 7. The van der Waals surface area contributed by atoms with Gasteiger partial charge in [-0.3, -0.25) is 4.79 Å². The highest BCUT2D eigenvalue weighted by atomic mass is 35.5. The van der Waals surface area contributed by atoms with E-state index >= 15 is 0 Å². The van der Waals surface area contributed by atoms with E-state index in [1.807, 2.05) is 24.3 Å². The van der Waals surface area contributed by atoms with E-state index in [1.165, 1.54) is 11.6 Å². The fourth-order valence-electron chi connectivity index (χ4n) is 2.50. The third kappa shape index (κ3) is 5.23. The number of hydrogen-bond donors (Lipinski definition) is 1. The molecule has 0 aliphatic rings. The Hall–Kier alpha value is -2.51. The standard InChI is InChI=1S/C20H21ClN2O2/c1-3-16(17-7-5-4-6-8-17)13-23-20(24)14(2)25-19-10-9-15(12-22)11-18(19)21/h4-11,14,16H,3,13H2,1-2H3,(H,23,24)/t14-,16-/m0/s1. The lowest BCUT2D eigenvalue weighted by Gasteiger charge is -2.19. The van der Waals surface area contributed by atoms with E-state index in [9.17, 15) is 4.79 Å². The van der Waals surface area contributed by atoms with Crippen LogP contribution in [-0.2, 0) is 4.79 Å². The summed E-state index contributed by atoms with van der Waals surface area (Å²) in [5.41, 5.74) is 1.65. The van der Waals surface area contributed by atoms with Crippen LogP contribution in [0.4, 0.5) is 0 Å².